The molecule has 0 saturated heterocycles. The average Bonchev–Trinajstić information content (AvgIpc) is 2.14. The Morgan fingerprint density at radius 3 is 2.56 bits per heavy atom. The zero-order valence-electron chi connectivity index (χ0n) is 10.6. The molecular formula is C12H24N2O2. The number of rotatable bonds is 2. The van der Waals surface area contributed by atoms with Crippen LogP contribution in [0.3, 0.4) is 0 Å². The van der Waals surface area contributed by atoms with Gasteiger partial charge in [0.2, 0.25) is 0 Å². The molecule has 1 rings (SSSR count). The van der Waals surface area contributed by atoms with Gasteiger partial charge in [0.25, 0.3) is 0 Å². The van der Waals surface area contributed by atoms with Crippen LogP contribution in [-0.4, -0.2) is 24.3 Å². The molecule has 3 N–H and O–H groups in total. The van der Waals surface area contributed by atoms with Crippen molar-refractivity contribution in [3.8, 4) is 0 Å². The van der Waals surface area contributed by atoms with E-state index in [9.17, 15) is 4.79 Å². The third-order valence-corrected chi connectivity index (χ3v) is 2.88. The van der Waals surface area contributed by atoms with E-state index in [-0.39, 0.29) is 12.1 Å². The maximum atomic E-state index is 11.4. The number of carbonyl (C=O) groups is 1. The van der Waals surface area contributed by atoms with E-state index in [1.807, 2.05) is 20.8 Å². The molecule has 0 aromatic rings. The summed E-state index contributed by atoms with van der Waals surface area (Å²) in [6.07, 6.45) is 4.26. The summed E-state index contributed by atoms with van der Waals surface area (Å²) >= 11 is 0. The maximum absolute atomic E-state index is 11.4. The molecule has 0 bridgehead atoms. The van der Waals surface area contributed by atoms with Crippen molar-refractivity contribution in [1.29, 1.82) is 0 Å². The Labute approximate surface area is 97.9 Å². The number of ether oxygens (including phenoxy) is 1. The highest BCUT2D eigenvalue weighted by Crippen LogP contribution is 2.22. The van der Waals surface area contributed by atoms with Gasteiger partial charge in [-0.3, -0.25) is 0 Å². The number of nitrogens with two attached hydrogens (primary N) is 1. The minimum atomic E-state index is -0.432. The second-order valence-electron chi connectivity index (χ2n) is 5.59. The minimum absolute atomic E-state index is 0.226. The standard InChI is InChI=1S/C12H24N2O2/c1-12(2,3)16-11(15)14-8-9-6-4-5-7-10(9)13/h9-10H,4-8,13H2,1-3H3,(H,14,15)/t9-,10+/m0/s1. The molecule has 0 aromatic heterocycles. The van der Waals surface area contributed by atoms with Crippen molar-refractivity contribution >= 4 is 6.09 Å². The summed E-state index contributed by atoms with van der Waals surface area (Å²) < 4.78 is 5.17. The molecule has 16 heavy (non-hydrogen) atoms. The van der Waals surface area contributed by atoms with E-state index in [0.717, 1.165) is 12.8 Å². The number of hydrogen-bond acceptors (Lipinski definition) is 3. The van der Waals surface area contributed by atoms with Crippen LogP contribution in [0.1, 0.15) is 46.5 Å². The number of hydrogen-bond donors (Lipinski definition) is 2. The monoisotopic (exact) mass is 228 g/mol. The first-order valence-electron chi connectivity index (χ1n) is 6.11. The molecule has 1 aliphatic carbocycles. The number of amides is 1. The Hall–Kier alpha value is -0.770. The van der Waals surface area contributed by atoms with Gasteiger partial charge in [-0.1, -0.05) is 12.8 Å². The predicted molar refractivity (Wildman–Crippen MR) is 64.2 cm³/mol. The fourth-order valence-corrected chi connectivity index (χ4v) is 2.02. The Balaban J connectivity index is 2.25. The van der Waals surface area contributed by atoms with Gasteiger partial charge in [-0.25, -0.2) is 4.79 Å². The first-order chi connectivity index (χ1) is 7.38. The van der Waals surface area contributed by atoms with Gasteiger partial charge in [0.15, 0.2) is 0 Å². The second-order valence-corrected chi connectivity index (χ2v) is 5.59. The number of carbonyl (C=O) groups excluding carboxylic acids is 1. The summed E-state index contributed by atoms with van der Waals surface area (Å²) in [6.45, 7) is 6.22. The molecule has 4 nitrogen and oxygen atoms in total. The highest BCUT2D eigenvalue weighted by molar-refractivity contribution is 5.67. The van der Waals surface area contributed by atoms with Crippen molar-refractivity contribution < 1.29 is 9.53 Å². The van der Waals surface area contributed by atoms with Gasteiger partial charge in [0.1, 0.15) is 5.60 Å². The summed E-state index contributed by atoms with van der Waals surface area (Å²) in [5.41, 5.74) is 5.57. The van der Waals surface area contributed by atoms with E-state index in [1.165, 1.54) is 12.8 Å². The van der Waals surface area contributed by atoms with Crippen molar-refractivity contribution in [2.24, 2.45) is 11.7 Å². The van der Waals surface area contributed by atoms with Gasteiger partial charge >= 0.3 is 6.09 Å². The quantitative estimate of drug-likeness (QED) is 0.760. The fourth-order valence-electron chi connectivity index (χ4n) is 2.02. The smallest absolute Gasteiger partial charge is 0.407 e. The molecule has 2 atom stereocenters. The van der Waals surface area contributed by atoms with Gasteiger partial charge in [0, 0.05) is 12.6 Å². The molecule has 1 amide bonds. The summed E-state index contributed by atoms with van der Waals surface area (Å²) in [4.78, 5) is 11.4. The molecule has 1 fully saturated rings. The van der Waals surface area contributed by atoms with Crippen LogP contribution in [0.5, 0.6) is 0 Å². The first-order valence-corrected chi connectivity index (χ1v) is 6.11. The molecule has 94 valence electrons. The Morgan fingerprint density at radius 2 is 2.00 bits per heavy atom. The Morgan fingerprint density at radius 1 is 1.38 bits per heavy atom. The van der Waals surface area contributed by atoms with Gasteiger partial charge in [0.05, 0.1) is 0 Å². The van der Waals surface area contributed by atoms with Crippen molar-refractivity contribution in [1.82, 2.24) is 5.32 Å². The van der Waals surface area contributed by atoms with Crippen LogP contribution in [0, 0.1) is 5.92 Å². The number of nitrogens with one attached hydrogen (secondary N) is 1. The van der Waals surface area contributed by atoms with Crippen molar-refractivity contribution in [3.63, 3.8) is 0 Å². The molecule has 0 heterocycles. The van der Waals surface area contributed by atoms with E-state index in [0.29, 0.717) is 12.5 Å². The Kier molecular flexibility index (Phi) is 4.59. The summed E-state index contributed by atoms with van der Waals surface area (Å²) in [7, 11) is 0. The van der Waals surface area contributed by atoms with Gasteiger partial charge < -0.3 is 15.8 Å². The Bertz CT molecular complexity index is 236. The fraction of sp³-hybridized carbons (Fsp3) is 0.917. The molecular weight excluding hydrogens is 204 g/mol. The zero-order chi connectivity index (χ0) is 12.2. The van der Waals surface area contributed by atoms with Crippen molar-refractivity contribution in [2.75, 3.05) is 6.54 Å². The second kappa shape index (κ2) is 5.53. The third kappa shape index (κ3) is 4.84. The summed E-state index contributed by atoms with van der Waals surface area (Å²) in [5, 5.41) is 2.80. The predicted octanol–water partition coefficient (Wildman–Crippen LogP) is 2.03. The number of alkyl carbamates (subject to hydrolysis) is 1. The largest absolute Gasteiger partial charge is 0.444 e. The lowest BCUT2D eigenvalue weighted by Crippen LogP contribution is -2.42. The van der Waals surface area contributed by atoms with Crippen LogP contribution in [0.25, 0.3) is 0 Å². The molecule has 1 saturated carbocycles. The van der Waals surface area contributed by atoms with Crippen LogP contribution >= 0.6 is 0 Å². The summed E-state index contributed by atoms with van der Waals surface area (Å²) in [5.74, 6) is 0.404. The van der Waals surface area contributed by atoms with Crippen LogP contribution in [0.2, 0.25) is 0 Å². The van der Waals surface area contributed by atoms with Crippen LogP contribution in [-0.2, 0) is 4.74 Å². The van der Waals surface area contributed by atoms with E-state index < -0.39 is 5.60 Å². The molecule has 0 aromatic carbocycles. The average molecular weight is 228 g/mol. The van der Waals surface area contributed by atoms with Gasteiger partial charge in [-0.05, 0) is 39.5 Å². The zero-order valence-corrected chi connectivity index (χ0v) is 10.6. The van der Waals surface area contributed by atoms with E-state index in [2.05, 4.69) is 5.32 Å². The van der Waals surface area contributed by atoms with Crippen molar-refractivity contribution in [2.45, 2.75) is 58.1 Å². The lowest BCUT2D eigenvalue weighted by Gasteiger charge is -2.29. The molecule has 0 unspecified atom stereocenters. The minimum Gasteiger partial charge on any atom is -0.444 e. The molecule has 4 heteroatoms. The first kappa shape index (κ1) is 13.3. The highest BCUT2D eigenvalue weighted by atomic mass is 16.6. The molecule has 0 spiro atoms. The SMILES string of the molecule is CC(C)(C)OC(=O)NC[C@@H]1CCCC[C@H]1N. The van der Waals surface area contributed by atoms with E-state index in [4.69, 9.17) is 10.5 Å². The summed E-state index contributed by atoms with van der Waals surface area (Å²) in [6, 6.07) is 0.226. The molecule has 1 aliphatic rings. The highest BCUT2D eigenvalue weighted by Gasteiger charge is 2.23. The topological polar surface area (TPSA) is 64.3 Å². The molecule has 0 aliphatic heterocycles. The normalized spacial score (nSPS) is 26.2. The lowest BCUT2D eigenvalue weighted by molar-refractivity contribution is 0.0513. The van der Waals surface area contributed by atoms with E-state index in [1.54, 1.807) is 0 Å². The van der Waals surface area contributed by atoms with Crippen LogP contribution < -0.4 is 11.1 Å². The third-order valence-electron chi connectivity index (χ3n) is 2.88. The maximum Gasteiger partial charge on any atom is 0.407 e. The van der Waals surface area contributed by atoms with Gasteiger partial charge in [-0.15, -0.1) is 0 Å². The molecule has 0 radical (unpaired) electrons. The van der Waals surface area contributed by atoms with Crippen LogP contribution in [0.4, 0.5) is 4.79 Å². The van der Waals surface area contributed by atoms with Crippen molar-refractivity contribution in [3.05, 3.63) is 0 Å². The van der Waals surface area contributed by atoms with Crippen LogP contribution in [0.15, 0.2) is 0 Å². The lowest BCUT2D eigenvalue weighted by atomic mass is 9.85. The van der Waals surface area contributed by atoms with E-state index >= 15 is 0 Å². The van der Waals surface area contributed by atoms with Gasteiger partial charge in [-0.2, -0.15) is 0 Å².